The summed E-state index contributed by atoms with van der Waals surface area (Å²) in [6, 6.07) is -0.740. The van der Waals surface area contributed by atoms with Crippen molar-refractivity contribution in [1.29, 1.82) is 0 Å². The number of carbonyl (C=O) groups is 2. The molecular formula is C12H22N2O3. The largest absolute Gasteiger partial charge is 0.480 e. The normalized spacial score (nSPS) is 18.6. The molecule has 1 fully saturated rings. The lowest BCUT2D eigenvalue weighted by molar-refractivity contribution is -0.141. The molecule has 0 aromatic carbocycles. The van der Waals surface area contributed by atoms with Gasteiger partial charge in [0.15, 0.2) is 0 Å². The average molecular weight is 242 g/mol. The van der Waals surface area contributed by atoms with Crippen molar-refractivity contribution in [3.8, 4) is 0 Å². The summed E-state index contributed by atoms with van der Waals surface area (Å²) in [4.78, 5) is 22.3. The molecule has 0 radical (unpaired) electrons. The Labute approximate surface area is 102 Å². The van der Waals surface area contributed by atoms with Crippen LogP contribution in [0.1, 0.15) is 39.0 Å². The molecule has 1 rings (SSSR count). The van der Waals surface area contributed by atoms with Crippen molar-refractivity contribution in [3.05, 3.63) is 0 Å². The van der Waals surface area contributed by atoms with Crippen LogP contribution in [0.3, 0.4) is 0 Å². The molecule has 0 unspecified atom stereocenters. The highest BCUT2D eigenvalue weighted by atomic mass is 16.4. The van der Waals surface area contributed by atoms with Crippen molar-refractivity contribution in [3.63, 3.8) is 0 Å². The zero-order valence-electron chi connectivity index (χ0n) is 10.4. The van der Waals surface area contributed by atoms with E-state index in [1.165, 1.54) is 0 Å². The van der Waals surface area contributed by atoms with Gasteiger partial charge in [0.25, 0.3) is 0 Å². The third-order valence-electron chi connectivity index (χ3n) is 3.28. The lowest BCUT2D eigenvalue weighted by atomic mass is 9.93. The van der Waals surface area contributed by atoms with E-state index in [1.54, 1.807) is 6.92 Å². The van der Waals surface area contributed by atoms with Crippen molar-refractivity contribution in [2.45, 2.75) is 45.1 Å². The number of hydrogen-bond acceptors (Lipinski definition) is 3. The van der Waals surface area contributed by atoms with Gasteiger partial charge in [0, 0.05) is 6.42 Å². The lowest BCUT2D eigenvalue weighted by Gasteiger charge is -2.22. The van der Waals surface area contributed by atoms with Gasteiger partial charge < -0.3 is 15.7 Å². The van der Waals surface area contributed by atoms with Gasteiger partial charge in [-0.25, -0.2) is 4.79 Å². The Morgan fingerprint density at radius 2 is 2.06 bits per heavy atom. The summed E-state index contributed by atoms with van der Waals surface area (Å²) in [5.41, 5.74) is 0. The maximum atomic E-state index is 11.6. The number of amides is 1. The topological polar surface area (TPSA) is 78.4 Å². The number of carbonyl (C=O) groups excluding carboxylic acids is 1. The van der Waals surface area contributed by atoms with Gasteiger partial charge in [-0.15, -0.1) is 0 Å². The summed E-state index contributed by atoms with van der Waals surface area (Å²) < 4.78 is 0. The van der Waals surface area contributed by atoms with E-state index in [2.05, 4.69) is 10.6 Å². The molecule has 0 saturated carbocycles. The van der Waals surface area contributed by atoms with Crippen LogP contribution >= 0.6 is 0 Å². The zero-order valence-corrected chi connectivity index (χ0v) is 10.4. The maximum Gasteiger partial charge on any atom is 0.326 e. The second-order valence-electron chi connectivity index (χ2n) is 4.60. The van der Waals surface area contributed by atoms with E-state index >= 15 is 0 Å². The number of piperidine rings is 1. The number of rotatable bonds is 6. The Hall–Kier alpha value is -1.10. The highest BCUT2D eigenvalue weighted by molar-refractivity contribution is 5.83. The van der Waals surface area contributed by atoms with E-state index in [1.807, 2.05) is 0 Å². The zero-order chi connectivity index (χ0) is 12.7. The second kappa shape index (κ2) is 7.27. The molecule has 5 nitrogen and oxygen atoms in total. The summed E-state index contributed by atoms with van der Waals surface area (Å²) in [6.07, 6.45) is 3.96. The molecule has 0 aromatic rings. The summed E-state index contributed by atoms with van der Waals surface area (Å²) in [6.45, 7) is 3.81. The minimum Gasteiger partial charge on any atom is -0.480 e. The van der Waals surface area contributed by atoms with Gasteiger partial charge in [-0.2, -0.15) is 0 Å². The molecule has 0 aromatic heterocycles. The van der Waals surface area contributed by atoms with Gasteiger partial charge in [0.05, 0.1) is 0 Å². The van der Waals surface area contributed by atoms with Gasteiger partial charge in [-0.1, -0.05) is 6.92 Å². The van der Waals surface area contributed by atoms with Crippen molar-refractivity contribution in [2.24, 2.45) is 5.92 Å². The number of aliphatic carboxylic acids is 1. The summed E-state index contributed by atoms with van der Waals surface area (Å²) in [7, 11) is 0. The van der Waals surface area contributed by atoms with Gasteiger partial charge in [-0.05, 0) is 44.7 Å². The molecule has 1 saturated heterocycles. The number of carboxylic acid groups (broad SMARTS) is 1. The molecule has 0 aliphatic carbocycles. The lowest BCUT2D eigenvalue weighted by Crippen LogP contribution is -2.40. The summed E-state index contributed by atoms with van der Waals surface area (Å²) in [5.74, 6) is -0.493. The highest BCUT2D eigenvalue weighted by Gasteiger charge is 2.19. The molecule has 17 heavy (non-hydrogen) atoms. The molecule has 0 spiro atoms. The van der Waals surface area contributed by atoms with Crippen molar-refractivity contribution >= 4 is 11.9 Å². The molecule has 1 atom stereocenters. The first-order valence-corrected chi connectivity index (χ1v) is 6.36. The number of hydrogen-bond donors (Lipinski definition) is 3. The van der Waals surface area contributed by atoms with Crippen LogP contribution in [0.5, 0.6) is 0 Å². The fourth-order valence-electron chi connectivity index (χ4n) is 2.11. The molecule has 1 aliphatic heterocycles. The SMILES string of the molecule is CC[C@@H](NC(=O)CCC1CCNCC1)C(=O)O. The fraction of sp³-hybridized carbons (Fsp3) is 0.833. The minimum atomic E-state index is -0.956. The molecule has 1 aliphatic rings. The highest BCUT2D eigenvalue weighted by Crippen LogP contribution is 2.17. The molecular weight excluding hydrogens is 220 g/mol. The minimum absolute atomic E-state index is 0.141. The average Bonchev–Trinajstić information content (AvgIpc) is 2.34. The first kappa shape index (κ1) is 14.0. The standard InChI is InChI=1S/C12H22N2O3/c1-2-10(12(16)17)14-11(15)4-3-9-5-7-13-8-6-9/h9-10,13H,2-8H2,1H3,(H,14,15)(H,16,17)/t10-/m1/s1. The monoisotopic (exact) mass is 242 g/mol. The Kier molecular flexibility index (Phi) is 5.97. The van der Waals surface area contributed by atoms with Crippen LogP contribution < -0.4 is 10.6 Å². The molecule has 98 valence electrons. The van der Waals surface area contributed by atoms with Crippen molar-refractivity contribution < 1.29 is 14.7 Å². The predicted octanol–water partition coefficient (Wildman–Crippen LogP) is 0.746. The van der Waals surface area contributed by atoms with Gasteiger partial charge in [-0.3, -0.25) is 4.79 Å². The quantitative estimate of drug-likeness (QED) is 0.642. The van der Waals surface area contributed by atoms with Crippen LogP contribution in [0.25, 0.3) is 0 Å². The maximum absolute atomic E-state index is 11.6. The predicted molar refractivity (Wildman–Crippen MR) is 64.7 cm³/mol. The third kappa shape index (κ3) is 5.17. The first-order chi connectivity index (χ1) is 8.13. The molecule has 1 heterocycles. The van der Waals surface area contributed by atoms with E-state index in [-0.39, 0.29) is 5.91 Å². The van der Waals surface area contributed by atoms with Crippen LogP contribution in [0.15, 0.2) is 0 Å². The molecule has 3 N–H and O–H groups in total. The molecule has 5 heteroatoms. The Balaban J connectivity index is 2.21. The van der Waals surface area contributed by atoms with E-state index in [4.69, 9.17) is 5.11 Å². The first-order valence-electron chi connectivity index (χ1n) is 6.36. The van der Waals surface area contributed by atoms with Gasteiger partial charge >= 0.3 is 5.97 Å². The smallest absolute Gasteiger partial charge is 0.326 e. The van der Waals surface area contributed by atoms with Crippen molar-refractivity contribution in [2.75, 3.05) is 13.1 Å². The third-order valence-corrected chi connectivity index (χ3v) is 3.28. The second-order valence-corrected chi connectivity index (χ2v) is 4.60. The fourth-order valence-corrected chi connectivity index (χ4v) is 2.11. The van der Waals surface area contributed by atoms with Crippen LogP contribution in [-0.4, -0.2) is 36.1 Å². The van der Waals surface area contributed by atoms with Gasteiger partial charge in [0.1, 0.15) is 6.04 Å². The van der Waals surface area contributed by atoms with Crippen LogP contribution in [-0.2, 0) is 9.59 Å². The molecule has 1 amide bonds. The van der Waals surface area contributed by atoms with Gasteiger partial charge in [0.2, 0.25) is 5.91 Å². The van der Waals surface area contributed by atoms with E-state index in [9.17, 15) is 9.59 Å². The van der Waals surface area contributed by atoms with E-state index < -0.39 is 12.0 Å². The number of nitrogens with one attached hydrogen (secondary N) is 2. The summed E-state index contributed by atoms with van der Waals surface area (Å²) in [5, 5.41) is 14.6. The Bertz CT molecular complexity index is 262. The van der Waals surface area contributed by atoms with Crippen molar-refractivity contribution in [1.82, 2.24) is 10.6 Å². The van der Waals surface area contributed by atoms with Crippen LogP contribution in [0, 0.1) is 5.92 Å². The number of carboxylic acids is 1. The Morgan fingerprint density at radius 1 is 1.41 bits per heavy atom. The van der Waals surface area contributed by atoms with Crippen LogP contribution in [0.2, 0.25) is 0 Å². The summed E-state index contributed by atoms with van der Waals surface area (Å²) >= 11 is 0. The Morgan fingerprint density at radius 3 is 2.59 bits per heavy atom. The van der Waals surface area contributed by atoms with E-state index in [0.29, 0.717) is 18.8 Å². The van der Waals surface area contributed by atoms with E-state index in [0.717, 1.165) is 32.4 Å². The molecule has 0 bridgehead atoms. The van der Waals surface area contributed by atoms with Crippen LogP contribution in [0.4, 0.5) is 0 Å².